The van der Waals surface area contributed by atoms with Gasteiger partial charge in [0.05, 0.1) is 25.3 Å². The van der Waals surface area contributed by atoms with Gasteiger partial charge in [-0.2, -0.15) is 4.98 Å². The van der Waals surface area contributed by atoms with Crippen LogP contribution < -0.4 is 14.8 Å². The third-order valence-corrected chi connectivity index (χ3v) is 7.85. The van der Waals surface area contributed by atoms with Crippen molar-refractivity contribution in [3.8, 4) is 34.2 Å². The SMILES string of the molecule is CCNC(=O)c1noc(-c2cc(C(C)C)c(OCc3ccccc3)cc2OCc2ccccc2)c1-c1noc(CN2CCOCC2)n1. The molecule has 1 saturated heterocycles. The van der Waals surface area contributed by atoms with E-state index in [0.29, 0.717) is 73.8 Å². The molecule has 11 nitrogen and oxygen atoms in total. The number of morpholine rings is 1. The van der Waals surface area contributed by atoms with E-state index in [4.69, 9.17) is 28.2 Å². The molecule has 244 valence electrons. The largest absolute Gasteiger partial charge is 0.488 e. The van der Waals surface area contributed by atoms with E-state index in [1.165, 1.54) is 0 Å². The second kappa shape index (κ2) is 15.1. The van der Waals surface area contributed by atoms with Crippen molar-refractivity contribution in [2.24, 2.45) is 0 Å². The van der Waals surface area contributed by atoms with Crippen LogP contribution in [-0.4, -0.2) is 59.0 Å². The average molecular weight is 638 g/mol. The summed E-state index contributed by atoms with van der Waals surface area (Å²) in [4.78, 5) is 20.1. The fourth-order valence-corrected chi connectivity index (χ4v) is 5.37. The molecule has 0 atom stereocenters. The molecule has 47 heavy (non-hydrogen) atoms. The Balaban J connectivity index is 1.44. The number of amides is 1. The number of ether oxygens (including phenoxy) is 3. The summed E-state index contributed by atoms with van der Waals surface area (Å²) in [6.45, 7) is 10.4. The molecule has 0 spiro atoms. The van der Waals surface area contributed by atoms with Crippen molar-refractivity contribution in [3.63, 3.8) is 0 Å². The summed E-state index contributed by atoms with van der Waals surface area (Å²) in [6.07, 6.45) is 0. The second-order valence-electron chi connectivity index (χ2n) is 11.6. The smallest absolute Gasteiger partial charge is 0.274 e. The predicted octanol–water partition coefficient (Wildman–Crippen LogP) is 6.25. The predicted molar refractivity (Wildman–Crippen MR) is 175 cm³/mol. The zero-order chi connectivity index (χ0) is 32.6. The zero-order valence-electron chi connectivity index (χ0n) is 26.9. The number of hydrogen-bond acceptors (Lipinski definition) is 10. The van der Waals surface area contributed by atoms with Gasteiger partial charge < -0.3 is 28.6 Å². The first kappa shape index (κ1) is 32.0. The molecule has 1 amide bonds. The van der Waals surface area contributed by atoms with Gasteiger partial charge >= 0.3 is 0 Å². The van der Waals surface area contributed by atoms with Crippen LogP contribution in [0.2, 0.25) is 0 Å². The normalized spacial score (nSPS) is 13.5. The second-order valence-corrected chi connectivity index (χ2v) is 11.6. The first-order valence-corrected chi connectivity index (χ1v) is 15.9. The van der Waals surface area contributed by atoms with E-state index in [9.17, 15) is 4.79 Å². The highest BCUT2D eigenvalue weighted by molar-refractivity contribution is 6.01. The Labute approximate surface area is 273 Å². The van der Waals surface area contributed by atoms with E-state index in [1.54, 1.807) is 0 Å². The molecule has 11 heteroatoms. The lowest BCUT2D eigenvalue weighted by Gasteiger charge is -2.24. The lowest BCUT2D eigenvalue weighted by atomic mass is 9.96. The first-order valence-electron chi connectivity index (χ1n) is 15.9. The maximum Gasteiger partial charge on any atom is 0.274 e. The molecule has 2 aromatic heterocycles. The van der Waals surface area contributed by atoms with Crippen molar-refractivity contribution in [2.45, 2.75) is 46.4 Å². The highest BCUT2D eigenvalue weighted by Crippen LogP contribution is 2.44. The number of carbonyl (C=O) groups is 1. The van der Waals surface area contributed by atoms with Crippen LogP contribution in [0.15, 0.2) is 81.8 Å². The van der Waals surface area contributed by atoms with E-state index in [2.05, 4.69) is 34.4 Å². The van der Waals surface area contributed by atoms with Gasteiger partial charge in [0, 0.05) is 25.7 Å². The summed E-state index contributed by atoms with van der Waals surface area (Å²) in [7, 11) is 0. The summed E-state index contributed by atoms with van der Waals surface area (Å²) < 4.78 is 30.0. The van der Waals surface area contributed by atoms with Gasteiger partial charge in [-0.05, 0) is 35.6 Å². The van der Waals surface area contributed by atoms with Crippen molar-refractivity contribution in [1.29, 1.82) is 0 Å². The van der Waals surface area contributed by atoms with Crippen molar-refractivity contribution < 1.29 is 28.1 Å². The van der Waals surface area contributed by atoms with E-state index in [0.717, 1.165) is 29.8 Å². The molecular weight excluding hydrogens is 598 g/mol. The highest BCUT2D eigenvalue weighted by Gasteiger charge is 2.31. The van der Waals surface area contributed by atoms with Gasteiger partial charge in [-0.15, -0.1) is 0 Å². The Bertz CT molecular complexity index is 1760. The molecule has 3 heterocycles. The summed E-state index contributed by atoms with van der Waals surface area (Å²) in [5.74, 6) is 1.79. The number of nitrogens with zero attached hydrogens (tertiary/aromatic N) is 4. The van der Waals surface area contributed by atoms with Crippen LogP contribution in [0.4, 0.5) is 0 Å². The van der Waals surface area contributed by atoms with Crippen LogP contribution in [0.5, 0.6) is 11.5 Å². The molecule has 5 aromatic rings. The molecule has 1 N–H and O–H groups in total. The number of benzene rings is 3. The first-order chi connectivity index (χ1) is 23.0. The summed E-state index contributed by atoms with van der Waals surface area (Å²) in [5.41, 5.74) is 3.95. The lowest BCUT2D eigenvalue weighted by Crippen LogP contribution is -2.35. The minimum absolute atomic E-state index is 0.0603. The minimum atomic E-state index is -0.407. The van der Waals surface area contributed by atoms with Crippen molar-refractivity contribution >= 4 is 5.91 Å². The standard InChI is InChI=1S/C36H39N5O6/c1-4-37-36(42)33-32(35-38-31(46-40-35)21-41-15-17-43-18-16-41)34(47-39-33)28-19-27(24(2)3)29(44-22-25-11-7-5-8-12-25)20-30(28)45-23-26-13-9-6-10-14-26/h5-14,19-20,24H,4,15-18,21-23H2,1-3H3,(H,37,42). The molecule has 1 fully saturated rings. The molecule has 3 aromatic carbocycles. The molecule has 1 aliphatic rings. The number of carbonyl (C=O) groups excluding carboxylic acids is 1. The third kappa shape index (κ3) is 7.70. The van der Waals surface area contributed by atoms with Gasteiger partial charge in [-0.1, -0.05) is 84.8 Å². The minimum Gasteiger partial charge on any atom is -0.488 e. The van der Waals surface area contributed by atoms with Crippen LogP contribution in [0, 0.1) is 0 Å². The Morgan fingerprint density at radius 3 is 2.19 bits per heavy atom. The van der Waals surface area contributed by atoms with Crippen molar-refractivity contribution in [3.05, 3.63) is 101 Å². The lowest BCUT2D eigenvalue weighted by molar-refractivity contribution is 0.0297. The molecule has 0 unspecified atom stereocenters. The fraction of sp³-hybridized carbons (Fsp3) is 0.333. The molecule has 1 aliphatic heterocycles. The van der Waals surface area contributed by atoms with E-state index in [1.807, 2.05) is 79.7 Å². The maximum atomic E-state index is 13.3. The third-order valence-electron chi connectivity index (χ3n) is 7.85. The van der Waals surface area contributed by atoms with Crippen molar-refractivity contribution in [1.82, 2.24) is 25.5 Å². The molecule has 6 rings (SSSR count). The van der Waals surface area contributed by atoms with Gasteiger partial charge in [0.2, 0.25) is 11.7 Å². The van der Waals surface area contributed by atoms with E-state index < -0.39 is 5.91 Å². The Morgan fingerprint density at radius 2 is 1.55 bits per heavy atom. The zero-order valence-corrected chi connectivity index (χ0v) is 26.9. The van der Waals surface area contributed by atoms with Crippen LogP contribution >= 0.6 is 0 Å². The molecular formula is C36H39N5O6. The van der Waals surface area contributed by atoms with Crippen LogP contribution in [-0.2, 0) is 24.5 Å². The topological polar surface area (TPSA) is 125 Å². The monoisotopic (exact) mass is 637 g/mol. The summed E-state index contributed by atoms with van der Waals surface area (Å²) in [5, 5.41) is 11.3. The number of aromatic nitrogens is 3. The van der Waals surface area contributed by atoms with Gasteiger partial charge in [0.1, 0.15) is 30.3 Å². The molecule has 0 bridgehead atoms. The highest BCUT2D eigenvalue weighted by atomic mass is 16.5. The molecule has 0 saturated carbocycles. The number of hydrogen-bond donors (Lipinski definition) is 1. The summed E-state index contributed by atoms with van der Waals surface area (Å²) >= 11 is 0. The fourth-order valence-electron chi connectivity index (χ4n) is 5.37. The molecule has 0 radical (unpaired) electrons. The van der Waals surface area contributed by atoms with E-state index >= 15 is 0 Å². The van der Waals surface area contributed by atoms with Gasteiger partial charge in [0.15, 0.2) is 11.5 Å². The number of nitrogens with one attached hydrogen (secondary N) is 1. The Morgan fingerprint density at radius 1 is 0.894 bits per heavy atom. The van der Waals surface area contributed by atoms with Crippen molar-refractivity contribution in [2.75, 3.05) is 32.8 Å². The number of rotatable bonds is 13. The Kier molecular flexibility index (Phi) is 10.2. The average Bonchev–Trinajstić information content (AvgIpc) is 3.75. The summed E-state index contributed by atoms with van der Waals surface area (Å²) in [6, 6.07) is 23.8. The Hall–Kier alpha value is -5.00. The maximum absolute atomic E-state index is 13.3. The van der Waals surface area contributed by atoms with E-state index in [-0.39, 0.29) is 17.4 Å². The van der Waals surface area contributed by atoms with Gasteiger partial charge in [0.25, 0.3) is 5.91 Å². The van der Waals surface area contributed by atoms with Gasteiger partial charge in [-0.25, -0.2) is 0 Å². The van der Waals surface area contributed by atoms with Crippen LogP contribution in [0.25, 0.3) is 22.7 Å². The van der Waals surface area contributed by atoms with Gasteiger partial charge in [-0.3, -0.25) is 9.69 Å². The van der Waals surface area contributed by atoms with Crippen LogP contribution in [0.1, 0.15) is 59.8 Å². The van der Waals surface area contributed by atoms with Crippen LogP contribution in [0.3, 0.4) is 0 Å². The molecule has 0 aliphatic carbocycles. The quantitative estimate of drug-likeness (QED) is 0.158.